The van der Waals surface area contributed by atoms with Gasteiger partial charge in [0.05, 0.1) is 6.42 Å². The smallest absolute Gasteiger partial charge is 0.317 e. The summed E-state index contributed by atoms with van der Waals surface area (Å²) >= 11 is 0. The van der Waals surface area contributed by atoms with Gasteiger partial charge in [-0.05, 0) is 13.8 Å². The molecule has 0 aromatic carbocycles. The largest absolute Gasteiger partial charge is 0.481 e. The zero-order valence-electron chi connectivity index (χ0n) is 9.69. The highest BCUT2D eigenvalue weighted by Crippen LogP contribution is 2.18. The van der Waals surface area contributed by atoms with Crippen LogP contribution in [0.5, 0.6) is 0 Å². The van der Waals surface area contributed by atoms with Gasteiger partial charge in [-0.25, -0.2) is 4.79 Å². The van der Waals surface area contributed by atoms with Gasteiger partial charge >= 0.3 is 12.0 Å². The molecule has 1 saturated heterocycles. The topological polar surface area (TPSA) is 69.6 Å². The van der Waals surface area contributed by atoms with E-state index >= 15 is 0 Å². The maximum atomic E-state index is 11.5. The average molecular weight is 226 g/mol. The number of carboxylic acids is 1. The molecule has 5 heteroatoms. The number of hydrogen-bond donors (Lipinski definition) is 2. The fourth-order valence-corrected chi connectivity index (χ4v) is 1.57. The minimum absolute atomic E-state index is 0.112. The molecule has 2 N–H and O–H groups in total. The predicted molar refractivity (Wildman–Crippen MR) is 60.1 cm³/mol. The maximum absolute atomic E-state index is 11.5. The molecule has 0 radical (unpaired) electrons. The molecule has 16 heavy (non-hydrogen) atoms. The summed E-state index contributed by atoms with van der Waals surface area (Å²) in [4.78, 5) is 23.5. The van der Waals surface area contributed by atoms with E-state index in [1.165, 1.54) is 0 Å². The molecule has 0 spiro atoms. The number of urea groups is 1. The number of nitrogens with zero attached hydrogens (tertiary/aromatic N) is 1. The Balaban J connectivity index is 2.17. The van der Waals surface area contributed by atoms with E-state index in [-0.39, 0.29) is 18.4 Å². The van der Waals surface area contributed by atoms with Crippen LogP contribution < -0.4 is 5.32 Å². The summed E-state index contributed by atoms with van der Waals surface area (Å²) in [5, 5.41) is 11.3. The zero-order valence-corrected chi connectivity index (χ0v) is 9.69. The van der Waals surface area contributed by atoms with Crippen molar-refractivity contribution in [3.63, 3.8) is 0 Å². The number of amides is 2. The molecule has 0 bridgehead atoms. The summed E-state index contributed by atoms with van der Waals surface area (Å²) < 4.78 is 0. The van der Waals surface area contributed by atoms with Crippen LogP contribution in [0.25, 0.3) is 0 Å². The minimum Gasteiger partial charge on any atom is -0.481 e. The highest BCUT2D eigenvalue weighted by atomic mass is 16.4. The number of nitrogens with one attached hydrogen (secondary N) is 1. The first kappa shape index (κ1) is 12.5. The van der Waals surface area contributed by atoms with E-state index in [1.807, 2.05) is 19.9 Å². The normalized spacial score (nSPS) is 15.2. The molecule has 90 valence electrons. The Hall–Kier alpha value is -1.52. The Bertz CT molecular complexity index is 302. The number of hydrogen-bond acceptors (Lipinski definition) is 2. The fourth-order valence-electron chi connectivity index (χ4n) is 1.57. The van der Waals surface area contributed by atoms with Gasteiger partial charge in [-0.3, -0.25) is 4.79 Å². The number of aliphatic carboxylic acids is 1. The Labute approximate surface area is 95.1 Å². The van der Waals surface area contributed by atoms with E-state index in [2.05, 4.69) is 5.32 Å². The third-order valence-electron chi connectivity index (χ3n) is 2.47. The molecule has 0 aliphatic carbocycles. The van der Waals surface area contributed by atoms with Crippen molar-refractivity contribution in [2.45, 2.75) is 20.3 Å². The first-order valence-electron chi connectivity index (χ1n) is 5.37. The lowest BCUT2D eigenvalue weighted by Gasteiger charge is -2.38. The van der Waals surface area contributed by atoms with Gasteiger partial charge in [0.2, 0.25) is 0 Å². The van der Waals surface area contributed by atoms with Crippen LogP contribution in [0.3, 0.4) is 0 Å². The van der Waals surface area contributed by atoms with Crippen LogP contribution in [0.4, 0.5) is 4.79 Å². The molecule has 5 nitrogen and oxygen atoms in total. The van der Waals surface area contributed by atoms with E-state index in [0.29, 0.717) is 19.6 Å². The Kier molecular flexibility index (Phi) is 4.34. The summed E-state index contributed by atoms with van der Waals surface area (Å²) in [5.41, 5.74) is 1.16. The van der Waals surface area contributed by atoms with Crippen molar-refractivity contribution in [2.24, 2.45) is 5.92 Å². The number of carboxylic acid groups (broad SMARTS) is 1. The molecular weight excluding hydrogens is 208 g/mol. The van der Waals surface area contributed by atoms with E-state index in [0.717, 1.165) is 5.57 Å². The second kappa shape index (κ2) is 5.53. The van der Waals surface area contributed by atoms with Crippen molar-refractivity contribution in [1.29, 1.82) is 0 Å². The van der Waals surface area contributed by atoms with Crippen LogP contribution in [-0.2, 0) is 4.79 Å². The van der Waals surface area contributed by atoms with Gasteiger partial charge in [0.1, 0.15) is 0 Å². The van der Waals surface area contributed by atoms with Crippen LogP contribution in [-0.4, -0.2) is 41.6 Å². The molecule has 1 aliphatic heterocycles. The first-order chi connectivity index (χ1) is 7.49. The molecule has 1 fully saturated rings. The van der Waals surface area contributed by atoms with Crippen molar-refractivity contribution in [3.05, 3.63) is 11.6 Å². The van der Waals surface area contributed by atoms with Crippen LogP contribution in [0, 0.1) is 5.92 Å². The lowest BCUT2D eigenvalue weighted by Crippen LogP contribution is -2.54. The Morgan fingerprint density at radius 2 is 2.06 bits per heavy atom. The highest BCUT2D eigenvalue weighted by Gasteiger charge is 2.31. The summed E-state index contributed by atoms with van der Waals surface area (Å²) in [7, 11) is 0. The average Bonchev–Trinajstić information content (AvgIpc) is 2.09. The van der Waals surface area contributed by atoms with Crippen LogP contribution in [0.2, 0.25) is 0 Å². The van der Waals surface area contributed by atoms with Gasteiger partial charge in [0.15, 0.2) is 0 Å². The summed E-state index contributed by atoms with van der Waals surface area (Å²) in [6.45, 7) is 5.57. The lowest BCUT2D eigenvalue weighted by molar-refractivity contribution is -0.139. The van der Waals surface area contributed by atoms with Gasteiger partial charge < -0.3 is 15.3 Å². The SMILES string of the molecule is CC(C)=CCNC(=O)N1CC(CC(=O)O)C1. The van der Waals surface area contributed by atoms with E-state index in [9.17, 15) is 9.59 Å². The number of rotatable bonds is 4. The molecule has 1 heterocycles. The van der Waals surface area contributed by atoms with Crippen LogP contribution in [0.1, 0.15) is 20.3 Å². The molecule has 0 saturated carbocycles. The highest BCUT2D eigenvalue weighted by molar-refractivity contribution is 5.75. The molecular formula is C11H18N2O3. The number of allylic oxidation sites excluding steroid dienone is 1. The summed E-state index contributed by atoms with van der Waals surface area (Å²) in [6, 6.07) is -0.112. The molecule has 0 aromatic rings. The van der Waals surface area contributed by atoms with Crippen molar-refractivity contribution >= 4 is 12.0 Å². The Morgan fingerprint density at radius 1 is 1.44 bits per heavy atom. The molecule has 0 atom stereocenters. The van der Waals surface area contributed by atoms with Gasteiger partial charge in [-0.15, -0.1) is 0 Å². The zero-order chi connectivity index (χ0) is 12.1. The van der Waals surface area contributed by atoms with Crippen LogP contribution in [0.15, 0.2) is 11.6 Å². The Morgan fingerprint density at radius 3 is 2.56 bits per heavy atom. The van der Waals surface area contributed by atoms with Crippen molar-refractivity contribution in [2.75, 3.05) is 19.6 Å². The number of carbonyl (C=O) groups is 2. The van der Waals surface area contributed by atoms with E-state index in [4.69, 9.17) is 5.11 Å². The van der Waals surface area contributed by atoms with Gasteiger partial charge in [-0.2, -0.15) is 0 Å². The van der Waals surface area contributed by atoms with Crippen LogP contribution >= 0.6 is 0 Å². The van der Waals surface area contributed by atoms with Gasteiger partial charge in [-0.1, -0.05) is 11.6 Å². The monoisotopic (exact) mass is 226 g/mol. The predicted octanol–water partition coefficient (Wildman–Crippen LogP) is 1.07. The third kappa shape index (κ3) is 3.92. The summed E-state index contributed by atoms with van der Waals surface area (Å²) in [5.74, 6) is -0.679. The minimum atomic E-state index is -0.797. The van der Waals surface area contributed by atoms with Crippen molar-refractivity contribution < 1.29 is 14.7 Å². The third-order valence-corrected chi connectivity index (χ3v) is 2.47. The van der Waals surface area contributed by atoms with E-state index < -0.39 is 5.97 Å². The van der Waals surface area contributed by atoms with Crippen molar-refractivity contribution in [1.82, 2.24) is 10.2 Å². The lowest BCUT2D eigenvalue weighted by atomic mass is 9.97. The second-order valence-electron chi connectivity index (χ2n) is 4.34. The van der Waals surface area contributed by atoms with E-state index in [1.54, 1.807) is 4.90 Å². The number of carbonyl (C=O) groups excluding carboxylic acids is 1. The molecule has 1 aliphatic rings. The first-order valence-corrected chi connectivity index (χ1v) is 5.37. The quantitative estimate of drug-likeness (QED) is 0.704. The van der Waals surface area contributed by atoms with Gasteiger partial charge in [0.25, 0.3) is 0 Å². The van der Waals surface area contributed by atoms with Gasteiger partial charge in [0, 0.05) is 25.6 Å². The molecule has 0 aromatic heterocycles. The number of likely N-dealkylation sites (tertiary alicyclic amines) is 1. The van der Waals surface area contributed by atoms with Crippen molar-refractivity contribution in [3.8, 4) is 0 Å². The maximum Gasteiger partial charge on any atom is 0.317 e. The molecule has 1 rings (SSSR count). The summed E-state index contributed by atoms with van der Waals surface area (Å²) in [6.07, 6.45) is 2.09. The molecule has 0 unspecified atom stereocenters. The fraction of sp³-hybridized carbons (Fsp3) is 0.636. The molecule has 2 amide bonds. The standard InChI is InChI=1S/C11H18N2O3/c1-8(2)3-4-12-11(16)13-6-9(7-13)5-10(14)15/h3,9H,4-7H2,1-2H3,(H,12,16)(H,14,15). The second-order valence-corrected chi connectivity index (χ2v) is 4.34.